The number of nitrogens with two attached hydrogens (primary N) is 2. The van der Waals surface area contributed by atoms with Crippen LogP contribution >= 0.6 is 13.4 Å². The van der Waals surface area contributed by atoms with Crippen molar-refractivity contribution in [1.82, 2.24) is 0 Å². The first-order valence-corrected chi connectivity index (χ1v) is 6.72. The Morgan fingerprint density at radius 1 is 0.900 bits per heavy atom. The average molecular weight is 383 g/mol. The van der Waals surface area contributed by atoms with Gasteiger partial charge >= 0.3 is 30.6 Å². The Kier molecular flexibility index (Phi) is 565000. The van der Waals surface area contributed by atoms with Gasteiger partial charge in [-0.1, -0.05) is 0 Å². The van der Waals surface area contributed by atoms with E-state index in [1.165, 1.54) is 17.2 Å². The van der Waals surface area contributed by atoms with Gasteiger partial charge in [0.1, 0.15) is 0 Å². The maximum Gasteiger partial charge on any atom is -0.282 e. The van der Waals surface area contributed by atoms with Gasteiger partial charge in [0.05, 0.1) is 0 Å². The molecule has 0 fully saturated rings. The van der Waals surface area contributed by atoms with Gasteiger partial charge < -0.3 is 40.3 Å². The third kappa shape index (κ3) is 77200. The third-order valence-electron chi connectivity index (χ3n) is 0. The van der Waals surface area contributed by atoms with E-state index in [0.29, 0.717) is 0 Å². The summed E-state index contributed by atoms with van der Waals surface area (Å²) in [4.78, 5) is 22.8. The summed E-state index contributed by atoms with van der Waals surface area (Å²) in [6, 6.07) is 0. The molecule has 64 valence electrons. The Balaban J connectivity index is -0.00000000500. The van der Waals surface area contributed by atoms with Gasteiger partial charge in [0.25, 0.3) is 0 Å². The first-order valence-electron chi connectivity index (χ1n) is 0.787. The average Bonchev–Trinajstić information content (AvgIpc) is 2.03. The Morgan fingerprint density at radius 3 is 0.900 bits per heavy atom. The van der Waals surface area contributed by atoms with Crippen LogP contribution in [0.4, 0.5) is 0 Å². The molecule has 0 bridgehead atoms. The van der Waals surface area contributed by atoms with Gasteiger partial charge in [0.15, 0.2) is 0 Å². The van der Waals surface area contributed by atoms with Crippen molar-refractivity contribution in [3.63, 3.8) is 0 Å². The maximum atomic E-state index is 7.75. The number of carbonyl (C=O) groups excluding carboxylic acids is 3. The Bertz CT molecular complexity index is 26.5. The van der Waals surface area contributed by atoms with E-state index in [1.807, 2.05) is 0 Å². The molecule has 0 amide bonds. The third-order valence-corrected chi connectivity index (χ3v) is 0. The molecule has 0 saturated heterocycles. The van der Waals surface area contributed by atoms with Crippen LogP contribution in [0.2, 0.25) is 0 Å². The Labute approximate surface area is 77.7 Å². The van der Waals surface area contributed by atoms with Crippen LogP contribution in [0.1, 0.15) is 0 Å². The number of rotatable bonds is 0. The Hall–Kier alpha value is 0.0723. The summed E-state index contributed by atoms with van der Waals surface area (Å²) in [6.45, 7) is 12.2. The van der Waals surface area contributed by atoms with Crippen molar-refractivity contribution in [3.8, 4) is 0 Å². The van der Waals surface area contributed by atoms with E-state index in [2.05, 4.69) is 33.8 Å². The second kappa shape index (κ2) is 113000. The van der Waals surface area contributed by atoms with Crippen molar-refractivity contribution in [2.45, 2.75) is 0 Å². The van der Waals surface area contributed by atoms with Crippen molar-refractivity contribution in [3.05, 3.63) is 12.3 Å². The summed E-state index contributed by atoms with van der Waals surface area (Å²) in [5.74, 6) is 0. The van der Waals surface area contributed by atoms with E-state index in [4.69, 9.17) is 14.4 Å². The van der Waals surface area contributed by atoms with Crippen molar-refractivity contribution >= 4 is 33.8 Å². The van der Waals surface area contributed by atoms with Crippen LogP contribution in [-0.2, 0) is 31.6 Å². The second-order valence-electron chi connectivity index (χ2n) is 0. The SMILES string of the molecule is [Br][Re].[C-]=O.[C-]=O.[CH-]=O.[NH2-].[NH2-]. The first kappa shape index (κ1) is 50.0. The molecule has 0 heterocycles. The first-order chi connectivity index (χ1) is 4.00. The molecule has 0 aliphatic rings. The largest absolute Gasteiger partial charge is 0.693 e. The van der Waals surface area contributed by atoms with Crippen molar-refractivity contribution in [1.29, 1.82) is 0 Å². The predicted octanol–water partition coefficient (Wildman–Crippen LogP) is 1.21. The molecule has 0 aromatic rings. The molecule has 0 aliphatic carbocycles. The van der Waals surface area contributed by atoms with Gasteiger partial charge in [-0.15, -0.1) is 0 Å². The van der Waals surface area contributed by atoms with Gasteiger partial charge in [0, 0.05) is 0 Å². The fourth-order valence-corrected chi connectivity index (χ4v) is 0. The summed E-state index contributed by atoms with van der Waals surface area (Å²) in [7, 11) is 0. The summed E-state index contributed by atoms with van der Waals surface area (Å²) in [5.41, 5.74) is 0. The molecule has 0 saturated carbocycles. The Morgan fingerprint density at radius 2 is 0.900 bits per heavy atom. The molecule has 0 aromatic carbocycles. The van der Waals surface area contributed by atoms with Gasteiger partial charge in [-0.25, -0.2) is 0 Å². The molecular formula is C3H5BrN2O3Re-5. The normalized spacial score (nSPS) is 1.80. The summed E-state index contributed by atoms with van der Waals surface area (Å²) in [5, 5.41) is 0. The minimum absolute atomic E-state index is 0. The summed E-state index contributed by atoms with van der Waals surface area (Å²) < 4.78 is 0. The van der Waals surface area contributed by atoms with Gasteiger partial charge in [-0.2, -0.15) is 0 Å². The molecule has 0 aliphatic heterocycles. The molecule has 0 spiro atoms. The van der Waals surface area contributed by atoms with Crippen LogP contribution < -0.4 is 0 Å². The molecule has 0 aromatic heterocycles. The van der Waals surface area contributed by atoms with E-state index < -0.39 is 0 Å². The van der Waals surface area contributed by atoms with Crippen LogP contribution in [0.25, 0.3) is 12.3 Å². The molecule has 4 N–H and O–H groups in total. The van der Waals surface area contributed by atoms with Crippen LogP contribution in [0, 0.1) is 0 Å². The molecule has 0 unspecified atom stereocenters. The number of halogens is 1. The molecule has 7 heteroatoms. The second-order valence-corrected chi connectivity index (χ2v) is 0. The molecule has 2 radical (unpaired) electrons. The summed E-state index contributed by atoms with van der Waals surface area (Å²) >= 11 is 4.53. The predicted molar refractivity (Wildman–Crippen MR) is 37.6 cm³/mol. The van der Waals surface area contributed by atoms with Crippen molar-refractivity contribution < 1.29 is 31.6 Å². The minimum Gasteiger partial charge on any atom is -0.693 e. The van der Waals surface area contributed by atoms with E-state index in [9.17, 15) is 0 Å². The van der Waals surface area contributed by atoms with Crippen molar-refractivity contribution in [2.75, 3.05) is 0 Å². The van der Waals surface area contributed by atoms with E-state index >= 15 is 0 Å². The van der Waals surface area contributed by atoms with E-state index in [-0.39, 0.29) is 12.3 Å². The minimum atomic E-state index is 0. The molecular weight excluding hydrogens is 378 g/mol. The molecule has 0 rings (SSSR count). The smallest absolute Gasteiger partial charge is 0.282 e. The number of hydrogen-bond acceptors (Lipinski definition) is 3. The molecule has 5 nitrogen and oxygen atoms in total. The zero-order chi connectivity index (χ0) is 8.00. The van der Waals surface area contributed by atoms with E-state index in [0.717, 1.165) is 0 Å². The quantitative estimate of drug-likeness (QED) is 0.462. The molecule has 10 heavy (non-hydrogen) atoms. The number of hydrogen-bond donors (Lipinski definition) is 0. The zero-order valence-electron chi connectivity index (χ0n) is 4.71. The van der Waals surface area contributed by atoms with Gasteiger partial charge in [-0.05, 0) is 0 Å². The fourth-order valence-electron chi connectivity index (χ4n) is 0. The molecule has 0 atom stereocenters. The summed E-state index contributed by atoms with van der Waals surface area (Å²) in [6.07, 6.45) is 0. The van der Waals surface area contributed by atoms with Crippen LogP contribution in [0.5, 0.6) is 0 Å². The van der Waals surface area contributed by atoms with Crippen LogP contribution in [0.15, 0.2) is 0 Å². The fraction of sp³-hybridized carbons (Fsp3) is 0. The van der Waals surface area contributed by atoms with Crippen LogP contribution in [0.3, 0.4) is 0 Å². The zero-order valence-corrected chi connectivity index (χ0v) is 9.01. The van der Waals surface area contributed by atoms with Crippen molar-refractivity contribution in [2.24, 2.45) is 0 Å². The maximum absolute atomic E-state index is 7.75. The van der Waals surface area contributed by atoms with Gasteiger partial charge in [0.2, 0.25) is 0 Å². The van der Waals surface area contributed by atoms with E-state index in [1.54, 1.807) is 0 Å². The standard InChI is InChI=1S/CHO.2CO.BrH.2H2N.Re/c3*1-2;;;;/h1H;;;1H;2*1H2;/q3*-1;;2*-1;+1/p-1. The monoisotopic (exact) mass is 383 g/mol. The van der Waals surface area contributed by atoms with Gasteiger partial charge in [-0.3, -0.25) is 6.79 Å². The topological polar surface area (TPSA) is 118 Å². The van der Waals surface area contributed by atoms with Crippen LogP contribution in [-0.4, -0.2) is 20.4 Å².